The largest absolute Gasteiger partial charge is 0.368 e. The van der Waals surface area contributed by atoms with Crippen LogP contribution in [0.1, 0.15) is 86.0 Å². The van der Waals surface area contributed by atoms with E-state index in [1.54, 1.807) is 0 Å². The number of thioether (sulfide) groups is 1. The molecule has 4 heteroatoms. The Bertz CT molecular complexity index is 625. The smallest absolute Gasteiger partial charge is 0.253 e. The number of benzene rings is 1. The summed E-state index contributed by atoms with van der Waals surface area (Å²) in [6, 6.07) is 10.2. The Labute approximate surface area is 195 Å². The molecule has 3 atom stereocenters. The highest BCUT2D eigenvalue weighted by Crippen LogP contribution is 2.43. The molecule has 1 saturated heterocycles. The lowest BCUT2D eigenvalue weighted by Crippen LogP contribution is -2.44. The number of amides is 1. The number of hydrogen-bond acceptors (Lipinski definition) is 3. The van der Waals surface area contributed by atoms with Crippen molar-refractivity contribution in [2.45, 2.75) is 96.8 Å². The standard InChI is InChI=1S/C27H45NO2S/c1-6-16-27(17-13-18-31-27)21-28(24-14-11-10-12-15-24)26(29)20-30-25(9-4)19-22(5)23(7-2)8-3/h10-12,14-15,22-23,25H,6-9,13,16-21H2,1-5H3. The van der Waals surface area contributed by atoms with Crippen LogP contribution in [-0.2, 0) is 9.53 Å². The highest BCUT2D eigenvalue weighted by molar-refractivity contribution is 8.00. The number of hydrogen-bond donors (Lipinski definition) is 0. The highest BCUT2D eigenvalue weighted by Gasteiger charge is 2.37. The fraction of sp³-hybridized carbons (Fsp3) is 0.741. The molecule has 0 spiro atoms. The van der Waals surface area contributed by atoms with Crippen LogP contribution in [0.3, 0.4) is 0 Å². The normalized spacial score (nSPS) is 20.7. The minimum atomic E-state index is 0.0998. The Morgan fingerprint density at radius 1 is 1.13 bits per heavy atom. The van der Waals surface area contributed by atoms with Crippen molar-refractivity contribution < 1.29 is 9.53 Å². The van der Waals surface area contributed by atoms with Gasteiger partial charge in [0, 0.05) is 17.0 Å². The second-order valence-corrected chi connectivity index (χ2v) is 10.9. The molecule has 3 nitrogen and oxygen atoms in total. The molecule has 0 saturated carbocycles. The number of rotatable bonds is 14. The van der Waals surface area contributed by atoms with Gasteiger partial charge in [-0.2, -0.15) is 11.8 Å². The van der Waals surface area contributed by atoms with Gasteiger partial charge in [-0.3, -0.25) is 4.79 Å². The van der Waals surface area contributed by atoms with Crippen molar-refractivity contribution in [1.29, 1.82) is 0 Å². The average Bonchev–Trinajstić information content (AvgIpc) is 3.24. The van der Waals surface area contributed by atoms with Crippen LogP contribution >= 0.6 is 11.8 Å². The molecule has 3 unspecified atom stereocenters. The van der Waals surface area contributed by atoms with E-state index in [2.05, 4.69) is 58.5 Å². The van der Waals surface area contributed by atoms with Gasteiger partial charge in [-0.05, 0) is 61.8 Å². The summed E-state index contributed by atoms with van der Waals surface area (Å²) in [4.78, 5) is 15.4. The van der Waals surface area contributed by atoms with Crippen LogP contribution in [0.5, 0.6) is 0 Å². The van der Waals surface area contributed by atoms with Crippen molar-refractivity contribution in [3.8, 4) is 0 Å². The summed E-state index contributed by atoms with van der Waals surface area (Å²) in [6.07, 6.45) is 9.36. The third kappa shape index (κ3) is 7.82. The summed E-state index contributed by atoms with van der Waals surface area (Å²) in [5, 5.41) is 0. The molecular formula is C27H45NO2S. The number of para-hydroxylation sites is 1. The molecule has 2 rings (SSSR count). The van der Waals surface area contributed by atoms with Gasteiger partial charge in [0.2, 0.25) is 0 Å². The van der Waals surface area contributed by atoms with Crippen LogP contribution in [0.2, 0.25) is 0 Å². The van der Waals surface area contributed by atoms with Gasteiger partial charge in [0.25, 0.3) is 5.91 Å². The second kappa shape index (κ2) is 13.5. The zero-order valence-electron chi connectivity index (χ0n) is 20.6. The fourth-order valence-corrected chi connectivity index (χ4v) is 6.73. The van der Waals surface area contributed by atoms with Gasteiger partial charge < -0.3 is 9.64 Å². The maximum absolute atomic E-state index is 13.4. The van der Waals surface area contributed by atoms with E-state index >= 15 is 0 Å². The molecule has 1 aliphatic rings. The minimum Gasteiger partial charge on any atom is -0.368 e. The summed E-state index contributed by atoms with van der Waals surface area (Å²) in [7, 11) is 0. The van der Waals surface area contributed by atoms with Gasteiger partial charge in [0.15, 0.2) is 0 Å². The zero-order valence-corrected chi connectivity index (χ0v) is 21.4. The maximum Gasteiger partial charge on any atom is 0.253 e. The predicted octanol–water partition coefficient (Wildman–Crippen LogP) is 7.34. The third-order valence-electron chi connectivity index (χ3n) is 7.09. The molecule has 1 heterocycles. The van der Waals surface area contributed by atoms with Crippen LogP contribution in [-0.4, -0.2) is 35.7 Å². The minimum absolute atomic E-state index is 0.0998. The first-order valence-electron chi connectivity index (χ1n) is 12.6. The molecule has 0 radical (unpaired) electrons. The summed E-state index contributed by atoms with van der Waals surface area (Å²) < 4.78 is 6.41. The molecule has 0 aliphatic carbocycles. The first kappa shape index (κ1) is 26.3. The van der Waals surface area contributed by atoms with Gasteiger partial charge in [0.1, 0.15) is 6.61 Å². The van der Waals surface area contributed by atoms with Gasteiger partial charge in [0.05, 0.1) is 6.10 Å². The summed E-state index contributed by atoms with van der Waals surface area (Å²) in [5.74, 6) is 2.67. The van der Waals surface area contributed by atoms with Crippen LogP contribution in [0.15, 0.2) is 30.3 Å². The molecule has 176 valence electrons. The molecule has 1 amide bonds. The monoisotopic (exact) mass is 447 g/mol. The van der Waals surface area contributed by atoms with Gasteiger partial charge >= 0.3 is 0 Å². The molecular weight excluding hydrogens is 402 g/mol. The Morgan fingerprint density at radius 2 is 1.84 bits per heavy atom. The van der Waals surface area contributed by atoms with E-state index in [0.717, 1.165) is 37.4 Å². The molecule has 1 aromatic rings. The van der Waals surface area contributed by atoms with Gasteiger partial charge in [-0.15, -0.1) is 0 Å². The van der Waals surface area contributed by atoms with Crippen molar-refractivity contribution in [2.75, 3.05) is 23.8 Å². The first-order chi connectivity index (χ1) is 15.0. The average molecular weight is 448 g/mol. The van der Waals surface area contributed by atoms with Crippen molar-refractivity contribution in [3.05, 3.63) is 30.3 Å². The summed E-state index contributed by atoms with van der Waals surface area (Å²) in [6.45, 7) is 12.3. The quantitative estimate of drug-likeness (QED) is 0.299. The number of carbonyl (C=O) groups excluding carboxylic acids is 1. The molecule has 31 heavy (non-hydrogen) atoms. The van der Waals surface area contributed by atoms with E-state index in [0.29, 0.717) is 5.92 Å². The second-order valence-electron chi connectivity index (χ2n) is 9.33. The lowest BCUT2D eigenvalue weighted by molar-refractivity contribution is -0.125. The zero-order chi connectivity index (χ0) is 22.7. The van der Waals surface area contributed by atoms with Crippen LogP contribution in [0.25, 0.3) is 0 Å². The van der Waals surface area contributed by atoms with E-state index in [4.69, 9.17) is 4.74 Å². The lowest BCUT2D eigenvalue weighted by Gasteiger charge is -2.35. The maximum atomic E-state index is 13.4. The summed E-state index contributed by atoms with van der Waals surface area (Å²) in [5.41, 5.74) is 0.998. The molecule has 1 aromatic carbocycles. The first-order valence-corrected chi connectivity index (χ1v) is 13.6. The lowest BCUT2D eigenvalue weighted by atomic mass is 9.85. The van der Waals surface area contributed by atoms with Crippen molar-refractivity contribution in [2.24, 2.45) is 11.8 Å². The Kier molecular flexibility index (Phi) is 11.5. The number of anilines is 1. The van der Waals surface area contributed by atoms with E-state index < -0.39 is 0 Å². The van der Waals surface area contributed by atoms with Crippen LogP contribution in [0, 0.1) is 11.8 Å². The molecule has 0 aromatic heterocycles. The van der Waals surface area contributed by atoms with Crippen molar-refractivity contribution in [3.63, 3.8) is 0 Å². The third-order valence-corrected chi connectivity index (χ3v) is 8.73. The van der Waals surface area contributed by atoms with E-state index in [1.807, 2.05) is 23.1 Å². The van der Waals surface area contributed by atoms with Crippen molar-refractivity contribution >= 4 is 23.4 Å². The molecule has 1 fully saturated rings. The molecule has 0 bridgehead atoms. The number of carbonyl (C=O) groups is 1. The SMILES string of the molecule is CCCC1(CN(C(=O)COC(CC)CC(C)C(CC)CC)c2ccccc2)CCCS1. The van der Waals surface area contributed by atoms with Crippen molar-refractivity contribution in [1.82, 2.24) is 0 Å². The Morgan fingerprint density at radius 3 is 2.39 bits per heavy atom. The van der Waals surface area contributed by atoms with E-state index in [-0.39, 0.29) is 23.4 Å². The Balaban J connectivity index is 2.07. The van der Waals surface area contributed by atoms with E-state index in [1.165, 1.54) is 37.9 Å². The highest BCUT2D eigenvalue weighted by atomic mass is 32.2. The molecule has 1 aliphatic heterocycles. The van der Waals surface area contributed by atoms with Crippen LogP contribution in [0.4, 0.5) is 5.69 Å². The fourth-order valence-electron chi connectivity index (χ4n) is 5.15. The Hall–Kier alpha value is -1.00. The van der Waals surface area contributed by atoms with Gasteiger partial charge in [-0.1, -0.05) is 72.1 Å². The number of ether oxygens (including phenoxy) is 1. The van der Waals surface area contributed by atoms with E-state index in [9.17, 15) is 4.79 Å². The summed E-state index contributed by atoms with van der Waals surface area (Å²) >= 11 is 2.07. The molecule has 0 N–H and O–H groups in total. The number of nitrogens with zero attached hydrogens (tertiary/aromatic N) is 1. The van der Waals surface area contributed by atoms with Gasteiger partial charge in [-0.25, -0.2) is 0 Å². The predicted molar refractivity (Wildman–Crippen MR) is 136 cm³/mol. The van der Waals surface area contributed by atoms with Crippen LogP contribution < -0.4 is 4.90 Å². The topological polar surface area (TPSA) is 29.5 Å².